The number of hydrogen-bond acceptors (Lipinski definition) is 13. The lowest BCUT2D eigenvalue weighted by Gasteiger charge is -2.27. The van der Waals surface area contributed by atoms with E-state index in [-0.39, 0.29) is 21.7 Å². The van der Waals surface area contributed by atoms with Gasteiger partial charge in [0.25, 0.3) is 0 Å². The smallest absolute Gasteiger partial charge is 0.127 e. The van der Waals surface area contributed by atoms with E-state index in [1.807, 2.05) is 167 Å². The molecule has 3 aliphatic rings. The van der Waals surface area contributed by atoms with Crippen molar-refractivity contribution in [2.45, 2.75) is 183 Å². The second kappa shape index (κ2) is 46.6. The molecule has 0 radical (unpaired) electrons. The number of aromatic nitrogens is 2. The highest BCUT2D eigenvalue weighted by atomic mass is 31.1. The Hall–Kier alpha value is -10.3. The van der Waals surface area contributed by atoms with Crippen molar-refractivity contribution in [2.24, 2.45) is 25.5 Å². The average molecular weight is 1790 g/mol. The van der Waals surface area contributed by atoms with Crippen LogP contribution in [0.4, 0.5) is 0 Å². The molecular formula is C107H131N10O5P5. The van der Waals surface area contributed by atoms with Crippen molar-refractivity contribution in [1.82, 2.24) is 24.4 Å². The highest BCUT2D eigenvalue weighted by molar-refractivity contribution is 7.57. The second-order valence-electron chi connectivity index (χ2n) is 36.8. The van der Waals surface area contributed by atoms with Crippen molar-refractivity contribution < 1.29 is 25.5 Å². The van der Waals surface area contributed by atoms with Crippen LogP contribution in [0.3, 0.4) is 0 Å². The molecule has 0 saturated carbocycles. The molecule has 0 aliphatic carbocycles. The third kappa shape index (κ3) is 29.6. The summed E-state index contributed by atoms with van der Waals surface area (Å²) in [5.74, 6) is 2.03. The van der Waals surface area contributed by atoms with Gasteiger partial charge in [-0.1, -0.05) is 302 Å². The molecule has 3 fully saturated rings. The van der Waals surface area contributed by atoms with Crippen molar-refractivity contribution >= 4 is 127 Å². The molecule has 12 aromatic rings. The first-order chi connectivity index (χ1) is 60.8. The zero-order valence-corrected chi connectivity index (χ0v) is 81.9. The predicted molar refractivity (Wildman–Crippen MR) is 554 cm³/mol. The number of aromatic hydroxyl groups is 5. The van der Waals surface area contributed by atoms with Crippen molar-refractivity contribution in [3.63, 3.8) is 0 Å². The molecule has 127 heavy (non-hydrogen) atoms. The zero-order chi connectivity index (χ0) is 90.7. The number of hydrazone groups is 3. The molecule has 20 heteroatoms. The summed E-state index contributed by atoms with van der Waals surface area (Å²) >= 11 is 0. The van der Waals surface area contributed by atoms with Gasteiger partial charge in [0.2, 0.25) is 0 Å². The quantitative estimate of drug-likeness (QED) is 0.0369. The van der Waals surface area contributed by atoms with Crippen LogP contribution in [-0.4, -0.2) is 120 Å². The van der Waals surface area contributed by atoms with Gasteiger partial charge < -0.3 is 25.5 Å². The van der Waals surface area contributed by atoms with E-state index in [4.69, 9.17) is 15.3 Å². The van der Waals surface area contributed by atoms with E-state index in [1.165, 1.54) is 95.7 Å². The van der Waals surface area contributed by atoms with Gasteiger partial charge in [-0.05, 0) is 203 Å². The summed E-state index contributed by atoms with van der Waals surface area (Å²) < 4.78 is 3.53. The lowest BCUT2D eigenvalue weighted by molar-refractivity contribution is 0.240. The molecule has 5 N–H and O–H groups in total. The summed E-state index contributed by atoms with van der Waals surface area (Å²) in [6.45, 7) is 38.6. The SMILES string of the molecule is CC(C)(C)c1cc(Pc2ccccc2/C=N/N2CCCCC2)c(O)c(C(C)(C)C)c1.Cc1cc(C(C)(C)C)cc(Pc2ccccc2/C=N/N2CCCCC2)c1O.Cc1cc(Pc2ccccc2/C=N/N2CCCCC2)c(O)c(C(C)(C)C)c1.Cc1cccc(Pc2ccccc2/C=N/n2cccc2)c1O.Oc1ccccc1Pc1ccccc1/C=N/n1cccc1. The first kappa shape index (κ1) is 97.3. The number of hydrogen-bond donors (Lipinski definition) is 5. The summed E-state index contributed by atoms with van der Waals surface area (Å²) in [5.41, 5.74) is 13.1. The van der Waals surface area contributed by atoms with Crippen molar-refractivity contribution in [2.75, 3.05) is 39.3 Å². The third-order valence-electron chi connectivity index (χ3n) is 22.2. The fourth-order valence-electron chi connectivity index (χ4n) is 14.6. The van der Waals surface area contributed by atoms with Gasteiger partial charge in [-0.25, -0.2) is 9.35 Å². The Morgan fingerprint density at radius 1 is 0.260 bits per heavy atom. The maximum atomic E-state index is 11.2. The standard InChI is InChI=1S/C26H37N2OP.2C23H31N2OP.C18H17N2OP.C17H15N2OP/c1-25(2,3)20-16-21(26(4,5)6)24(29)23(17-20)30-22-13-9-8-12-19(22)18-27-28-14-10-7-11-15-28;1-17-14-19(23(2,3)4)15-21(22(17)26)27-20-11-7-6-10-18(20)16-24-25-12-8-5-9-13-25;1-17-14-19(23(2,3)4)22(26)21(15-17)27-20-11-7-6-10-18(20)16-24-25-12-8-5-9-13-25;1-14-7-6-10-17(18(14)21)22-16-9-3-2-8-15(16)13-19-20-11-4-5-12-20;20-15-8-2-4-10-17(15)21-16-9-3-1-7-14(16)13-18-19-11-5-6-12-19/h8-9,12-13,16-18,29-30H,7,10-11,14-15H2,1-6H3;2*6-7,10-11,14-16,26-27H,5,8-9,12-13H2,1-4H3;2-13,21-22H,1H3;1-13,20-21H/b27-18+;2*24-16+;19-13+;18-13+. The molecule has 2 aromatic heterocycles. The molecule has 664 valence electrons. The maximum Gasteiger partial charge on any atom is 0.127 e. The Kier molecular flexibility index (Phi) is 35.7. The molecule has 10 aromatic carbocycles. The number of phenolic OH excluding ortho intramolecular Hbond substituents is 5. The van der Waals surface area contributed by atoms with Crippen LogP contribution in [0.5, 0.6) is 28.7 Å². The number of para-hydroxylation sites is 2. The van der Waals surface area contributed by atoms with Gasteiger partial charge in [-0.3, -0.25) is 15.0 Å². The summed E-state index contributed by atoms with van der Waals surface area (Å²) in [5, 5.41) is 93.2. The Morgan fingerprint density at radius 2 is 0.551 bits per heavy atom. The van der Waals surface area contributed by atoms with Gasteiger partial charge in [-0.2, -0.15) is 25.5 Å². The highest BCUT2D eigenvalue weighted by Gasteiger charge is 2.27. The van der Waals surface area contributed by atoms with Crippen molar-refractivity contribution in [3.8, 4) is 28.7 Å². The number of rotatable bonds is 20. The van der Waals surface area contributed by atoms with Gasteiger partial charge >= 0.3 is 0 Å². The molecule has 0 bridgehead atoms. The molecule has 5 atom stereocenters. The Bertz CT molecular complexity index is 5630. The average Bonchev–Trinajstić information content (AvgIpc) is 1.12. The fraction of sp³-hybridized carbons (Fsp3) is 0.318. The Morgan fingerprint density at radius 3 is 0.913 bits per heavy atom. The summed E-state index contributed by atoms with van der Waals surface area (Å²) in [6, 6.07) is 75.4. The number of phenols is 5. The van der Waals surface area contributed by atoms with E-state index in [0.29, 0.717) is 71.7 Å². The predicted octanol–water partition coefficient (Wildman–Crippen LogP) is 20.0. The van der Waals surface area contributed by atoms with Crippen LogP contribution >= 0.6 is 42.9 Å². The Balaban J connectivity index is 0.000000155. The van der Waals surface area contributed by atoms with Crippen LogP contribution in [0.25, 0.3) is 0 Å². The van der Waals surface area contributed by atoms with E-state index < -0.39 is 0 Å². The van der Waals surface area contributed by atoms with Gasteiger partial charge in [0.05, 0.1) is 31.1 Å². The van der Waals surface area contributed by atoms with Gasteiger partial charge in [0, 0.05) is 130 Å². The normalized spacial score (nSPS) is 14.5. The summed E-state index contributed by atoms with van der Waals surface area (Å²) in [4.78, 5) is 0. The lowest BCUT2D eigenvalue weighted by Crippen LogP contribution is -2.25. The zero-order valence-electron chi connectivity index (χ0n) is 76.9. The topological polar surface area (TPSA) is 183 Å². The van der Waals surface area contributed by atoms with E-state index >= 15 is 0 Å². The van der Waals surface area contributed by atoms with Gasteiger partial charge in [0.15, 0.2) is 0 Å². The van der Waals surface area contributed by atoms with E-state index in [9.17, 15) is 25.5 Å². The van der Waals surface area contributed by atoms with Crippen LogP contribution in [0.2, 0.25) is 0 Å². The molecule has 5 unspecified atom stereocenters. The molecule has 5 heterocycles. The first-order valence-corrected chi connectivity index (χ1v) is 49.5. The number of nitrogens with zero attached hydrogens (tertiary/aromatic N) is 10. The number of benzene rings is 10. The fourth-order valence-corrected chi connectivity index (χ4v) is 20.9. The van der Waals surface area contributed by atoms with Gasteiger partial charge in [-0.15, -0.1) is 0 Å². The second-order valence-corrected chi connectivity index (χ2v) is 43.4. The maximum absolute atomic E-state index is 11.2. The molecule has 15 nitrogen and oxygen atoms in total. The van der Waals surface area contributed by atoms with Crippen LogP contribution in [0.1, 0.15) is 208 Å². The van der Waals surface area contributed by atoms with Crippen LogP contribution in [-0.2, 0) is 21.7 Å². The summed E-state index contributed by atoms with van der Waals surface area (Å²) in [7, 11) is 1.99. The number of aryl methyl sites for hydroxylation is 3. The minimum absolute atomic E-state index is 0.0299. The van der Waals surface area contributed by atoms with E-state index in [0.717, 1.165) is 121 Å². The van der Waals surface area contributed by atoms with E-state index in [1.54, 1.807) is 15.4 Å². The van der Waals surface area contributed by atoms with Crippen molar-refractivity contribution in [3.05, 3.63) is 316 Å². The molecular weight excluding hydrogens is 1660 g/mol. The van der Waals surface area contributed by atoms with Crippen LogP contribution in [0, 0.1) is 20.8 Å². The van der Waals surface area contributed by atoms with Crippen LogP contribution < -0.4 is 53.0 Å². The molecule has 3 aliphatic heterocycles. The largest absolute Gasteiger partial charge is 0.507 e. The van der Waals surface area contributed by atoms with Gasteiger partial charge in [0.1, 0.15) is 28.7 Å². The molecule has 0 spiro atoms. The molecule has 3 saturated heterocycles. The lowest BCUT2D eigenvalue weighted by atomic mass is 9.80. The molecule has 0 amide bonds. The monoisotopic (exact) mass is 1790 g/mol. The third-order valence-corrected chi connectivity index (χ3v) is 29.2. The van der Waals surface area contributed by atoms with Crippen molar-refractivity contribution in [1.29, 1.82) is 0 Å². The highest BCUT2D eigenvalue weighted by Crippen LogP contribution is 2.39. The molecule has 15 rings (SSSR count). The summed E-state index contributed by atoms with van der Waals surface area (Å²) in [6.07, 6.45) is 28.6. The van der Waals surface area contributed by atoms with E-state index in [2.05, 4.69) is 237 Å². The minimum Gasteiger partial charge on any atom is -0.507 e. The Labute approximate surface area is 764 Å². The van der Waals surface area contributed by atoms with Crippen LogP contribution in [0.15, 0.2) is 275 Å². The minimum atomic E-state index is -0.111. The number of piperidine rings is 3. The first-order valence-electron chi connectivity index (χ1n) is 44.5.